The molecule has 0 spiro atoms. The maximum Gasteiger partial charge on any atom is 0.397 e. The van der Waals surface area contributed by atoms with Gasteiger partial charge < -0.3 is 0 Å². The molecule has 0 bridgehead atoms. The summed E-state index contributed by atoms with van der Waals surface area (Å²) in [6.07, 6.45) is 8.95. The lowest BCUT2D eigenvalue weighted by molar-refractivity contribution is -0.116. The van der Waals surface area contributed by atoms with Gasteiger partial charge in [0.15, 0.2) is 5.78 Å². The summed E-state index contributed by atoms with van der Waals surface area (Å²) in [5, 5.41) is 0. The van der Waals surface area contributed by atoms with Crippen molar-refractivity contribution < 1.29 is 21.9 Å². The molecule has 3 fully saturated rings. The Morgan fingerprint density at radius 3 is 2.67 bits per heavy atom. The molecule has 1 N–H and O–H groups in total. The van der Waals surface area contributed by atoms with Crippen LogP contribution in [0.3, 0.4) is 0 Å². The molecule has 3 saturated carbocycles. The van der Waals surface area contributed by atoms with Crippen LogP contribution in [-0.4, -0.2) is 24.9 Å². The van der Waals surface area contributed by atoms with Gasteiger partial charge in [-0.05, 0) is 80.1 Å². The summed E-state index contributed by atoms with van der Waals surface area (Å²) in [7, 11) is -4.40. The third kappa shape index (κ3) is 2.67. The molecule has 0 amide bonds. The zero-order chi connectivity index (χ0) is 17.1. The molecule has 4 aliphatic carbocycles. The second-order valence-corrected chi connectivity index (χ2v) is 9.49. The third-order valence-corrected chi connectivity index (χ3v) is 7.93. The van der Waals surface area contributed by atoms with Gasteiger partial charge in [0.1, 0.15) is 0 Å². The van der Waals surface area contributed by atoms with Crippen LogP contribution >= 0.6 is 0 Å². The smallest absolute Gasteiger partial charge is 0.295 e. The van der Waals surface area contributed by atoms with Gasteiger partial charge in [-0.25, -0.2) is 4.18 Å². The first-order valence-electron chi connectivity index (χ1n) is 9.17. The SMILES string of the molecule is C[C@]12CCC3C(CCC4=CC(=O)CC[C@@H]43)C1CC[C@@H]2OS(=O)(=O)O. The first kappa shape index (κ1) is 16.7. The lowest BCUT2D eigenvalue weighted by Crippen LogP contribution is -2.48. The van der Waals surface area contributed by atoms with Crippen LogP contribution in [0.5, 0.6) is 0 Å². The molecular weight excluding hydrogens is 328 g/mol. The fourth-order valence-electron chi connectivity index (χ4n) is 6.44. The number of hydrogen-bond acceptors (Lipinski definition) is 4. The lowest BCUT2D eigenvalue weighted by Gasteiger charge is -2.53. The number of allylic oxidation sites excluding steroid dienone is 1. The second kappa shape index (κ2) is 5.64. The lowest BCUT2D eigenvalue weighted by atomic mass is 9.52. The first-order chi connectivity index (χ1) is 11.3. The van der Waals surface area contributed by atoms with Gasteiger partial charge in [0, 0.05) is 6.42 Å². The number of hydrogen-bond donors (Lipinski definition) is 1. The summed E-state index contributed by atoms with van der Waals surface area (Å²) < 4.78 is 36.5. The summed E-state index contributed by atoms with van der Waals surface area (Å²) in [5.41, 5.74) is 1.20. The van der Waals surface area contributed by atoms with Crippen molar-refractivity contribution in [1.82, 2.24) is 0 Å². The Bertz CT molecular complexity index is 682. The van der Waals surface area contributed by atoms with Crippen molar-refractivity contribution in [3.05, 3.63) is 11.6 Å². The first-order valence-corrected chi connectivity index (χ1v) is 10.5. The maximum absolute atomic E-state index is 11.7. The number of fused-ring (bicyclic) bond motifs is 5. The highest BCUT2D eigenvalue weighted by Gasteiger charge is 2.57. The normalized spacial score (nSPS) is 45.2. The molecule has 4 rings (SSSR count). The Morgan fingerprint density at radius 2 is 1.92 bits per heavy atom. The van der Waals surface area contributed by atoms with E-state index in [9.17, 15) is 13.2 Å². The molecule has 5 nitrogen and oxygen atoms in total. The van der Waals surface area contributed by atoms with Crippen molar-refractivity contribution in [2.75, 3.05) is 0 Å². The van der Waals surface area contributed by atoms with Gasteiger partial charge in [0.25, 0.3) is 0 Å². The molecule has 0 aromatic heterocycles. The minimum atomic E-state index is -4.40. The van der Waals surface area contributed by atoms with Crippen LogP contribution in [0.25, 0.3) is 0 Å². The Morgan fingerprint density at radius 1 is 1.12 bits per heavy atom. The number of carbonyl (C=O) groups excluding carboxylic acids is 1. The topological polar surface area (TPSA) is 80.7 Å². The number of ketones is 1. The Balaban J connectivity index is 1.58. The standard InChI is InChI=1S/C18H26O5S/c1-18-9-8-14-13-5-3-12(19)10-11(13)2-4-15(14)16(18)6-7-17(18)23-24(20,21)22/h10,13-17H,2-9H2,1H3,(H,20,21,22)/t13-,14?,15?,16?,17-,18-/m0/s1. The average Bonchev–Trinajstić information content (AvgIpc) is 2.82. The molecule has 4 aliphatic rings. The molecule has 0 radical (unpaired) electrons. The Hall–Kier alpha value is -0.720. The summed E-state index contributed by atoms with van der Waals surface area (Å²) in [6.45, 7) is 2.15. The predicted molar refractivity (Wildman–Crippen MR) is 88.5 cm³/mol. The second-order valence-electron chi connectivity index (χ2n) is 8.44. The zero-order valence-corrected chi connectivity index (χ0v) is 14.9. The minimum absolute atomic E-state index is 0.164. The number of rotatable bonds is 2. The van der Waals surface area contributed by atoms with Gasteiger partial charge >= 0.3 is 10.4 Å². The van der Waals surface area contributed by atoms with Crippen molar-refractivity contribution in [3.8, 4) is 0 Å². The minimum Gasteiger partial charge on any atom is -0.295 e. The van der Waals surface area contributed by atoms with Crippen molar-refractivity contribution >= 4 is 16.2 Å². The van der Waals surface area contributed by atoms with E-state index in [1.807, 2.05) is 6.08 Å². The van der Waals surface area contributed by atoms with E-state index < -0.39 is 16.5 Å². The summed E-state index contributed by atoms with van der Waals surface area (Å²) >= 11 is 0. The van der Waals surface area contributed by atoms with Crippen molar-refractivity contribution in [2.45, 2.75) is 64.4 Å². The van der Waals surface area contributed by atoms with Crippen LogP contribution in [0.1, 0.15) is 58.3 Å². The highest BCUT2D eigenvalue weighted by Crippen LogP contribution is 2.62. The molecule has 0 heterocycles. The molecule has 0 aliphatic heterocycles. The van der Waals surface area contributed by atoms with Crippen LogP contribution in [-0.2, 0) is 19.4 Å². The van der Waals surface area contributed by atoms with Gasteiger partial charge in [-0.15, -0.1) is 0 Å². The zero-order valence-electron chi connectivity index (χ0n) is 14.1. The molecular formula is C18H26O5S. The fraction of sp³-hybridized carbons (Fsp3) is 0.833. The van der Waals surface area contributed by atoms with E-state index in [0.717, 1.165) is 38.5 Å². The molecule has 6 atom stereocenters. The van der Waals surface area contributed by atoms with Gasteiger partial charge in [0.2, 0.25) is 0 Å². The fourth-order valence-corrected chi connectivity index (χ4v) is 7.05. The van der Waals surface area contributed by atoms with Crippen LogP contribution < -0.4 is 0 Å². The summed E-state index contributed by atoms with van der Waals surface area (Å²) in [6, 6.07) is 0. The highest BCUT2D eigenvalue weighted by atomic mass is 32.3. The molecule has 134 valence electrons. The molecule has 6 heteroatoms. The van der Waals surface area contributed by atoms with Crippen molar-refractivity contribution in [3.63, 3.8) is 0 Å². The summed E-state index contributed by atoms with van der Waals surface area (Å²) in [5.74, 6) is 2.51. The van der Waals surface area contributed by atoms with E-state index in [1.165, 1.54) is 5.57 Å². The highest BCUT2D eigenvalue weighted by molar-refractivity contribution is 7.80. The van der Waals surface area contributed by atoms with E-state index >= 15 is 0 Å². The predicted octanol–water partition coefficient (Wildman–Crippen LogP) is 3.32. The number of carbonyl (C=O) groups is 1. The largest absolute Gasteiger partial charge is 0.397 e. The maximum atomic E-state index is 11.7. The quantitative estimate of drug-likeness (QED) is 0.770. The van der Waals surface area contributed by atoms with Gasteiger partial charge in [-0.3, -0.25) is 9.35 Å². The third-order valence-electron chi connectivity index (χ3n) is 7.45. The van der Waals surface area contributed by atoms with Gasteiger partial charge in [-0.1, -0.05) is 12.5 Å². The van der Waals surface area contributed by atoms with Gasteiger partial charge in [0.05, 0.1) is 6.10 Å². The summed E-state index contributed by atoms with van der Waals surface area (Å²) in [4.78, 5) is 11.7. The van der Waals surface area contributed by atoms with Crippen LogP contribution in [0.4, 0.5) is 0 Å². The van der Waals surface area contributed by atoms with E-state index in [4.69, 9.17) is 8.74 Å². The molecule has 0 aromatic rings. The van der Waals surface area contributed by atoms with Gasteiger partial charge in [-0.2, -0.15) is 8.42 Å². The molecule has 0 saturated heterocycles. The molecule has 0 aromatic carbocycles. The van der Waals surface area contributed by atoms with Crippen molar-refractivity contribution in [2.24, 2.45) is 29.1 Å². The van der Waals surface area contributed by atoms with E-state index in [-0.39, 0.29) is 11.2 Å². The van der Waals surface area contributed by atoms with Crippen LogP contribution in [0.15, 0.2) is 11.6 Å². The van der Waals surface area contributed by atoms with E-state index in [0.29, 0.717) is 36.5 Å². The molecule has 3 unspecified atom stereocenters. The van der Waals surface area contributed by atoms with Crippen molar-refractivity contribution in [1.29, 1.82) is 0 Å². The Labute approximate surface area is 143 Å². The van der Waals surface area contributed by atoms with E-state index in [1.54, 1.807) is 0 Å². The Kier molecular flexibility index (Phi) is 3.93. The monoisotopic (exact) mass is 354 g/mol. The average molecular weight is 354 g/mol. The van der Waals surface area contributed by atoms with Crippen LogP contribution in [0.2, 0.25) is 0 Å². The van der Waals surface area contributed by atoms with Crippen LogP contribution in [0, 0.1) is 29.1 Å². The van der Waals surface area contributed by atoms with E-state index in [2.05, 4.69) is 6.92 Å². The molecule has 24 heavy (non-hydrogen) atoms.